The lowest BCUT2D eigenvalue weighted by atomic mass is 10.0. The number of rotatable bonds is 0. The minimum absolute atomic E-state index is 0.0581. The van der Waals surface area contributed by atoms with Crippen molar-refractivity contribution in [1.82, 2.24) is 0 Å². The standard InChI is InChI=1S/C15H10O/c16-13-8-9-15-12(10-13)6-3-5-11-4-1-2-7-14(11)15/h1-10H. The Morgan fingerprint density at radius 2 is 1.56 bits per heavy atom. The summed E-state index contributed by atoms with van der Waals surface area (Å²) in [5.41, 5.74) is 2.18. The SMILES string of the molecule is O=c1ccc2c3ccccc3cccc-2c1. The summed E-state index contributed by atoms with van der Waals surface area (Å²) in [6.07, 6.45) is 0. The van der Waals surface area contributed by atoms with Gasteiger partial charge in [-0.1, -0.05) is 42.5 Å². The molecule has 0 saturated carbocycles. The highest BCUT2D eigenvalue weighted by Crippen LogP contribution is 2.27. The highest BCUT2D eigenvalue weighted by molar-refractivity contribution is 5.96. The molecule has 1 aromatic rings. The highest BCUT2D eigenvalue weighted by Gasteiger charge is 2.03. The van der Waals surface area contributed by atoms with Crippen LogP contribution < -0.4 is 5.43 Å². The zero-order valence-corrected chi connectivity index (χ0v) is 8.68. The second-order valence-corrected chi connectivity index (χ2v) is 3.86. The second-order valence-electron chi connectivity index (χ2n) is 3.86. The van der Waals surface area contributed by atoms with Crippen molar-refractivity contribution in [3.8, 4) is 11.1 Å². The van der Waals surface area contributed by atoms with Crippen LogP contribution in [0.5, 0.6) is 0 Å². The first kappa shape index (κ1) is 9.10. The van der Waals surface area contributed by atoms with Crippen LogP contribution in [0.4, 0.5) is 0 Å². The van der Waals surface area contributed by atoms with Crippen molar-refractivity contribution in [2.45, 2.75) is 0 Å². The summed E-state index contributed by atoms with van der Waals surface area (Å²) >= 11 is 0. The Morgan fingerprint density at radius 1 is 0.750 bits per heavy atom. The monoisotopic (exact) mass is 206 g/mol. The van der Waals surface area contributed by atoms with E-state index in [1.165, 1.54) is 10.8 Å². The molecule has 2 aliphatic rings. The molecule has 0 spiro atoms. The van der Waals surface area contributed by atoms with Crippen LogP contribution in [-0.2, 0) is 0 Å². The van der Waals surface area contributed by atoms with Gasteiger partial charge in [0, 0.05) is 0 Å². The average Bonchev–Trinajstić information content (AvgIpc) is 2.47. The lowest BCUT2D eigenvalue weighted by Gasteiger charge is -2.02. The molecule has 1 heteroatoms. The average molecular weight is 206 g/mol. The van der Waals surface area contributed by atoms with Crippen molar-refractivity contribution >= 4 is 10.8 Å². The molecular formula is C15H10O. The quantitative estimate of drug-likeness (QED) is 0.551. The van der Waals surface area contributed by atoms with Crippen LogP contribution in [0.15, 0.2) is 65.5 Å². The molecular weight excluding hydrogens is 196 g/mol. The minimum Gasteiger partial charge on any atom is -0.290 e. The van der Waals surface area contributed by atoms with Gasteiger partial charge in [0.2, 0.25) is 0 Å². The topological polar surface area (TPSA) is 17.1 Å². The molecule has 0 bridgehead atoms. The lowest BCUT2D eigenvalue weighted by molar-refractivity contribution is 1.58. The summed E-state index contributed by atoms with van der Waals surface area (Å²) in [5.74, 6) is 0. The van der Waals surface area contributed by atoms with E-state index in [9.17, 15) is 4.79 Å². The molecule has 76 valence electrons. The van der Waals surface area contributed by atoms with Crippen LogP contribution in [0.2, 0.25) is 0 Å². The summed E-state index contributed by atoms with van der Waals surface area (Å²) < 4.78 is 0. The molecule has 0 atom stereocenters. The minimum atomic E-state index is 0.0581. The molecule has 3 rings (SSSR count). The summed E-state index contributed by atoms with van der Waals surface area (Å²) in [6.45, 7) is 0. The largest absolute Gasteiger partial charge is 0.290 e. The summed E-state index contributed by atoms with van der Waals surface area (Å²) in [5, 5.41) is 2.37. The molecule has 0 saturated heterocycles. The second kappa shape index (κ2) is 3.46. The smallest absolute Gasteiger partial charge is 0.179 e. The van der Waals surface area contributed by atoms with Gasteiger partial charge in [-0.05, 0) is 40.1 Å². The van der Waals surface area contributed by atoms with E-state index in [4.69, 9.17) is 0 Å². The molecule has 0 unspecified atom stereocenters. The van der Waals surface area contributed by atoms with E-state index in [0.29, 0.717) is 0 Å². The maximum Gasteiger partial charge on any atom is 0.179 e. The molecule has 0 aromatic heterocycles. The molecule has 0 radical (unpaired) electrons. The van der Waals surface area contributed by atoms with Crippen molar-refractivity contribution in [3.05, 3.63) is 70.9 Å². The Labute approximate surface area is 93.3 Å². The highest BCUT2D eigenvalue weighted by atomic mass is 16.1. The lowest BCUT2D eigenvalue weighted by Crippen LogP contribution is -1.96. The van der Waals surface area contributed by atoms with Crippen LogP contribution in [-0.4, -0.2) is 0 Å². The van der Waals surface area contributed by atoms with Crippen LogP contribution in [0, 0.1) is 0 Å². The van der Waals surface area contributed by atoms with Crippen molar-refractivity contribution in [2.75, 3.05) is 0 Å². The summed E-state index contributed by atoms with van der Waals surface area (Å²) in [7, 11) is 0. The first-order valence-electron chi connectivity index (χ1n) is 5.26. The zero-order chi connectivity index (χ0) is 11.0. The zero-order valence-electron chi connectivity index (χ0n) is 8.68. The third-order valence-corrected chi connectivity index (χ3v) is 2.83. The van der Waals surface area contributed by atoms with Crippen molar-refractivity contribution < 1.29 is 0 Å². The molecule has 16 heavy (non-hydrogen) atoms. The van der Waals surface area contributed by atoms with Gasteiger partial charge in [0.25, 0.3) is 0 Å². The first-order chi connectivity index (χ1) is 7.84. The van der Waals surface area contributed by atoms with Gasteiger partial charge >= 0.3 is 0 Å². The van der Waals surface area contributed by atoms with E-state index >= 15 is 0 Å². The number of hydrogen-bond acceptors (Lipinski definition) is 1. The van der Waals surface area contributed by atoms with Gasteiger partial charge in [-0.2, -0.15) is 0 Å². The van der Waals surface area contributed by atoms with Gasteiger partial charge in [-0.25, -0.2) is 0 Å². The fraction of sp³-hybridized carbons (Fsp3) is 0. The van der Waals surface area contributed by atoms with Gasteiger partial charge in [0.1, 0.15) is 0 Å². The summed E-state index contributed by atoms with van der Waals surface area (Å²) in [4.78, 5) is 11.3. The Hall–Kier alpha value is -2.15. The van der Waals surface area contributed by atoms with Gasteiger partial charge in [0.15, 0.2) is 5.43 Å². The van der Waals surface area contributed by atoms with Crippen LogP contribution in [0.25, 0.3) is 21.9 Å². The molecule has 0 N–H and O–H groups in total. The molecule has 2 aliphatic carbocycles. The third-order valence-electron chi connectivity index (χ3n) is 2.83. The van der Waals surface area contributed by atoms with E-state index in [2.05, 4.69) is 18.2 Å². The van der Waals surface area contributed by atoms with Gasteiger partial charge in [-0.3, -0.25) is 4.79 Å². The maximum atomic E-state index is 11.3. The Bertz CT molecular complexity index is 685. The molecule has 0 amide bonds. The predicted molar refractivity (Wildman–Crippen MR) is 66.8 cm³/mol. The first-order valence-corrected chi connectivity index (χ1v) is 5.26. The Kier molecular flexibility index (Phi) is 1.97. The molecule has 0 heterocycles. The number of fused-ring (bicyclic) bond motifs is 3. The van der Waals surface area contributed by atoms with Crippen molar-refractivity contribution in [3.63, 3.8) is 0 Å². The van der Waals surface area contributed by atoms with Crippen molar-refractivity contribution in [2.24, 2.45) is 0 Å². The fourth-order valence-corrected chi connectivity index (χ4v) is 2.07. The van der Waals surface area contributed by atoms with Gasteiger partial charge in [-0.15, -0.1) is 0 Å². The van der Waals surface area contributed by atoms with E-state index < -0.39 is 0 Å². The van der Waals surface area contributed by atoms with E-state index in [-0.39, 0.29) is 5.43 Å². The fourth-order valence-electron chi connectivity index (χ4n) is 2.07. The van der Waals surface area contributed by atoms with Crippen LogP contribution in [0.1, 0.15) is 0 Å². The van der Waals surface area contributed by atoms with Gasteiger partial charge < -0.3 is 0 Å². The van der Waals surface area contributed by atoms with E-state index in [1.807, 2.05) is 30.3 Å². The normalized spacial score (nSPS) is 10.8. The molecule has 1 aromatic carbocycles. The molecule has 0 aliphatic heterocycles. The van der Waals surface area contributed by atoms with Crippen LogP contribution >= 0.6 is 0 Å². The van der Waals surface area contributed by atoms with Gasteiger partial charge in [0.05, 0.1) is 0 Å². The third kappa shape index (κ3) is 1.38. The van der Waals surface area contributed by atoms with E-state index in [1.54, 1.807) is 12.1 Å². The Balaban J connectivity index is 2.56. The predicted octanol–water partition coefficient (Wildman–Crippen LogP) is 3.30. The Morgan fingerprint density at radius 3 is 2.50 bits per heavy atom. The van der Waals surface area contributed by atoms with Crippen LogP contribution in [0.3, 0.4) is 0 Å². The molecule has 1 nitrogen and oxygen atoms in total. The maximum absolute atomic E-state index is 11.3. The summed E-state index contributed by atoms with van der Waals surface area (Å²) in [6, 6.07) is 19.5. The molecule has 0 fully saturated rings. The number of benzene rings is 2. The van der Waals surface area contributed by atoms with E-state index in [0.717, 1.165) is 11.1 Å². The van der Waals surface area contributed by atoms with Crippen molar-refractivity contribution in [1.29, 1.82) is 0 Å². The number of hydrogen-bond donors (Lipinski definition) is 0.